The Morgan fingerprint density at radius 3 is 1.41 bits per heavy atom. The molecule has 75 heavy (non-hydrogen) atoms. The molecule has 3 nitrogen and oxygen atoms in total. The standard InChI is InChI=1S/C72H45NO2/c1-2-18-46(19-3-1)47-34-36-49(37-35-47)52-21-7-13-29-65(52)73(51-39-42-55-54-23-6-8-24-58(54)71(64(55)45-51)60-25-9-14-30-66(60)74-67-31-15-10-26-61(67)71)50-40-43-59-57(44-50)56-41-38-48-20-4-5-22-53(48)70(56)72(59)62-27-11-16-32-68(62)75-69-33-17-12-28-63(69)72/h1-45H. The lowest BCUT2D eigenvalue weighted by Gasteiger charge is -2.40. The third kappa shape index (κ3) is 5.75. The molecule has 0 amide bonds. The first-order valence-corrected chi connectivity index (χ1v) is 25.9. The second-order valence-corrected chi connectivity index (χ2v) is 20.2. The van der Waals surface area contributed by atoms with E-state index in [0.29, 0.717) is 0 Å². The van der Waals surface area contributed by atoms with Gasteiger partial charge in [-0.25, -0.2) is 0 Å². The zero-order valence-electron chi connectivity index (χ0n) is 40.7. The Balaban J connectivity index is 0.977. The van der Waals surface area contributed by atoms with Gasteiger partial charge in [-0.2, -0.15) is 0 Å². The maximum Gasteiger partial charge on any atom is 0.132 e. The summed E-state index contributed by atoms with van der Waals surface area (Å²) in [5.74, 6) is 3.51. The average Bonchev–Trinajstić information content (AvgIpc) is 4.15. The SMILES string of the molecule is c1ccc(-c2ccc(-c3ccccc3N(c3ccc4c(c3)-c3ccc5ccccc5c3C43c4ccccc4Oc4ccccc43)c3ccc4c(c3)C3(c5ccccc5Oc5ccccc53)c3ccccc3-4)cc2)cc1. The van der Waals surface area contributed by atoms with E-state index in [1.54, 1.807) is 0 Å². The number of hydrogen-bond acceptors (Lipinski definition) is 3. The lowest BCUT2D eigenvalue weighted by Crippen LogP contribution is -2.32. The third-order valence-corrected chi connectivity index (χ3v) is 16.6. The Morgan fingerprint density at radius 2 is 0.733 bits per heavy atom. The summed E-state index contributed by atoms with van der Waals surface area (Å²) in [7, 11) is 0. The number of ether oxygens (including phenoxy) is 2. The van der Waals surface area contributed by atoms with Crippen LogP contribution < -0.4 is 14.4 Å². The van der Waals surface area contributed by atoms with Gasteiger partial charge in [0.15, 0.2) is 0 Å². The highest BCUT2D eigenvalue weighted by atomic mass is 16.5. The van der Waals surface area contributed by atoms with Crippen LogP contribution in [0.2, 0.25) is 0 Å². The van der Waals surface area contributed by atoms with Gasteiger partial charge in [-0.1, -0.05) is 218 Å². The van der Waals surface area contributed by atoms with Crippen LogP contribution in [0.4, 0.5) is 17.1 Å². The van der Waals surface area contributed by atoms with Gasteiger partial charge in [0.05, 0.1) is 16.5 Å². The molecule has 0 fully saturated rings. The van der Waals surface area contributed by atoms with Gasteiger partial charge in [-0.05, 0) is 127 Å². The second kappa shape index (κ2) is 15.9. The number of rotatable bonds is 5. The molecule has 16 rings (SSSR count). The molecule has 0 saturated carbocycles. The van der Waals surface area contributed by atoms with Crippen LogP contribution in [0.25, 0.3) is 55.3 Å². The fourth-order valence-corrected chi connectivity index (χ4v) is 13.6. The lowest BCUT2D eigenvalue weighted by atomic mass is 9.65. The van der Waals surface area contributed by atoms with Crippen molar-refractivity contribution in [3.63, 3.8) is 0 Å². The summed E-state index contributed by atoms with van der Waals surface area (Å²) in [6, 6.07) is 100. The van der Waals surface area contributed by atoms with E-state index in [0.717, 1.165) is 73.4 Å². The Morgan fingerprint density at radius 1 is 0.267 bits per heavy atom. The van der Waals surface area contributed by atoms with Crippen LogP contribution in [0.1, 0.15) is 44.5 Å². The molecule has 0 aromatic heterocycles. The highest BCUT2D eigenvalue weighted by Gasteiger charge is 2.53. The van der Waals surface area contributed by atoms with Crippen LogP contribution in [0.5, 0.6) is 23.0 Å². The molecule has 2 aliphatic heterocycles. The zero-order valence-corrected chi connectivity index (χ0v) is 40.7. The van der Waals surface area contributed by atoms with Crippen molar-refractivity contribution in [1.82, 2.24) is 0 Å². The Bertz CT molecular complexity index is 4230. The predicted octanol–water partition coefficient (Wildman–Crippen LogP) is 18.6. The molecule has 0 bridgehead atoms. The van der Waals surface area contributed by atoms with Crippen LogP contribution in [-0.4, -0.2) is 0 Å². The van der Waals surface area contributed by atoms with Crippen molar-refractivity contribution in [2.45, 2.75) is 10.8 Å². The van der Waals surface area contributed by atoms with Gasteiger partial charge in [-0.15, -0.1) is 0 Å². The molecular weight excluding hydrogens is 911 g/mol. The predicted molar refractivity (Wildman–Crippen MR) is 304 cm³/mol. The molecule has 350 valence electrons. The van der Waals surface area contributed by atoms with E-state index in [1.807, 2.05) is 0 Å². The molecule has 2 spiro atoms. The van der Waals surface area contributed by atoms with Crippen molar-refractivity contribution in [2.75, 3.05) is 4.90 Å². The highest BCUT2D eigenvalue weighted by molar-refractivity contribution is 6.03. The molecule has 0 atom stereocenters. The van der Waals surface area contributed by atoms with E-state index in [4.69, 9.17) is 9.47 Å². The fraction of sp³-hybridized carbons (Fsp3) is 0.0278. The van der Waals surface area contributed by atoms with Gasteiger partial charge in [0.2, 0.25) is 0 Å². The van der Waals surface area contributed by atoms with Gasteiger partial charge >= 0.3 is 0 Å². The largest absolute Gasteiger partial charge is 0.457 e. The van der Waals surface area contributed by atoms with Gasteiger partial charge in [0.25, 0.3) is 0 Å². The maximum absolute atomic E-state index is 6.81. The molecule has 0 saturated heterocycles. The van der Waals surface area contributed by atoms with E-state index in [2.05, 4.69) is 278 Å². The van der Waals surface area contributed by atoms with E-state index in [9.17, 15) is 0 Å². The summed E-state index contributed by atoms with van der Waals surface area (Å²) in [6.07, 6.45) is 0. The first-order chi connectivity index (χ1) is 37.2. The van der Waals surface area contributed by atoms with Gasteiger partial charge in [0, 0.05) is 39.2 Å². The van der Waals surface area contributed by atoms with Crippen LogP contribution in [0.3, 0.4) is 0 Å². The number of anilines is 3. The minimum absolute atomic E-state index is 0.639. The number of para-hydroxylation sites is 5. The molecule has 12 aromatic rings. The quantitative estimate of drug-likeness (QED) is 0.172. The van der Waals surface area contributed by atoms with E-state index in [-0.39, 0.29) is 0 Å². The summed E-state index contributed by atoms with van der Waals surface area (Å²) in [4.78, 5) is 2.51. The van der Waals surface area contributed by atoms with Gasteiger partial charge in [0.1, 0.15) is 23.0 Å². The normalized spacial score (nSPS) is 14.0. The molecule has 0 radical (unpaired) electrons. The Kier molecular flexibility index (Phi) is 8.88. The minimum Gasteiger partial charge on any atom is -0.457 e. The lowest BCUT2D eigenvalue weighted by molar-refractivity contribution is 0.436. The molecule has 0 unspecified atom stereocenters. The summed E-state index contributed by atoms with van der Waals surface area (Å²) in [6.45, 7) is 0. The molecule has 0 N–H and O–H groups in total. The number of hydrogen-bond donors (Lipinski definition) is 0. The average molecular weight is 956 g/mol. The topological polar surface area (TPSA) is 21.7 Å². The summed E-state index contributed by atoms with van der Waals surface area (Å²) < 4.78 is 13.6. The van der Waals surface area contributed by atoms with Crippen molar-refractivity contribution in [3.8, 4) is 67.5 Å². The Hall–Kier alpha value is -9.70. The second-order valence-electron chi connectivity index (χ2n) is 20.2. The van der Waals surface area contributed by atoms with Crippen molar-refractivity contribution < 1.29 is 9.47 Å². The Labute approximate surface area is 435 Å². The van der Waals surface area contributed by atoms with Crippen LogP contribution in [0.15, 0.2) is 273 Å². The van der Waals surface area contributed by atoms with Crippen LogP contribution in [-0.2, 0) is 10.8 Å². The smallest absolute Gasteiger partial charge is 0.132 e. The molecule has 2 heterocycles. The molecular formula is C72H45NO2. The summed E-state index contributed by atoms with van der Waals surface area (Å²) in [5, 5.41) is 2.45. The first-order valence-electron chi connectivity index (χ1n) is 25.9. The first kappa shape index (κ1) is 41.9. The molecule has 12 aromatic carbocycles. The number of nitrogens with zero attached hydrogens (tertiary/aromatic N) is 1. The van der Waals surface area contributed by atoms with E-state index >= 15 is 0 Å². The van der Waals surface area contributed by atoms with Crippen molar-refractivity contribution in [3.05, 3.63) is 317 Å². The number of fused-ring (bicyclic) bond motifs is 20. The van der Waals surface area contributed by atoms with Gasteiger partial charge < -0.3 is 14.4 Å². The highest BCUT2D eigenvalue weighted by Crippen LogP contribution is 2.66. The maximum atomic E-state index is 6.81. The third-order valence-electron chi connectivity index (χ3n) is 16.6. The number of benzene rings is 12. The summed E-state index contributed by atoms with van der Waals surface area (Å²) in [5.41, 5.74) is 21.0. The summed E-state index contributed by atoms with van der Waals surface area (Å²) >= 11 is 0. The molecule has 3 heteroatoms. The van der Waals surface area contributed by atoms with Crippen molar-refractivity contribution in [2.24, 2.45) is 0 Å². The van der Waals surface area contributed by atoms with Crippen LogP contribution >= 0.6 is 0 Å². The zero-order chi connectivity index (χ0) is 49.2. The van der Waals surface area contributed by atoms with Crippen molar-refractivity contribution >= 4 is 27.8 Å². The molecule has 4 aliphatic rings. The monoisotopic (exact) mass is 955 g/mol. The van der Waals surface area contributed by atoms with E-state index < -0.39 is 10.8 Å². The fourth-order valence-electron chi connectivity index (χ4n) is 13.6. The van der Waals surface area contributed by atoms with Crippen molar-refractivity contribution in [1.29, 1.82) is 0 Å². The minimum atomic E-state index is -0.645. The van der Waals surface area contributed by atoms with E-state index in [1.165, 1.54) is 66.4 Å². The molecule has 2 aliphatic carbocycles. The van der Waals surface area contributed by atoms with Crippen LogP contribution in [0, 0.1) is 0 Å². The van der Waals surface area contributed by atoms with Gasteiger partial charge in [-0.3, -0.25) is 0 Å².